The van der Waals surface area contributed by atoms with Crippen molar-refractivity contribution in [2.24, 2.45) is 0 Å². The molecule has 1 amide bonds. The van der Waals surface area contributed by atoms with Crippen molar-refractivity contribution in [3.8, 4) is 0 Å². The summed E-state index contributed by atoms with van der Waals surface area (Å²) in [7, 11) is 0. The molecule has 0 saturated carbocycles. The lowest BCUT2D eigenvalue weighted by Gasteiger charge is -2.01. The van der Waals surface area contributed by atoms with Crippen molar-refractivity contribution < 1.29 is 4.79 Å². The van der Waals surface area contributed by atoms with E-state index in [0.29, 0.717) is 11.6 Å². The van der Waals surface area contributed by atoms with Crippen LogP contribution in [0.4, 0.5) is 5.13 Å². The number of amides is 1. The summed E-state index contributed by atoms with van der Waals surface area (Å²) < 4.78 is 0. The Hall–Kier alpha value is -0.920. The van der Waals surface area contributed by atoms with Gasteiger partial charge < -0.3 is 5.32 Å². The molecule has 0 aromatic carbocycles. The van der Waals surface area contributed by atoms with Gasteiger partial charge in [0.2, 0.25) is 5.91 Å². The van der Waals surface area contributed by atoms with Crippen LogP contribution in [0.15, 0.2) is 11.6 Å². The summed E-state index contributed by atoms with van der Waals surface area (Å²) >= 11 is 4.89. The average molecular weight is 313 g/mol. The van der Waals surface area contributed by atoms with Gasteiger partial charge in [0.1, 0.15) is 0 Å². The molecule has 0 aliphatic rings. The maximum Gasteiger partial charge on any atom is 0.226 e. The number of thiazole rings is 2. The molecule has 0 atom stereocenters. The molecule has 102 valence electrons. The molecular formula is C12H15N3OS3. The predicted molar refractivity (Wildman–Crippen MR) is 83.1 cm³/mol. The van der Waals surface area contributed by atoms with Gasteiger partial charge in [-0.05, 0) is 13.8 Å². The highest BCUT2D eigenvalue weighted by Gasteiger charge is 2.05. The van der Waals surface area contributed by atoms with Crippen LogP contribution in [-0.2, 0) is 10.5 Å². The zero-order chi connectivity index (χ0) is 13.7. The number of carbonyl (C=O) groups is 1. The van der Waals surface area contributed by atoms with E-state index in [1.807, 2.05) is 13.8 Å². The SMILES string of the molecule is Cc1cnc(NC(=O)CCSCc2csc(C)n2)s1. The van der Waals surface area contributed by atoms with E-state index >= 15 is 0 Å². The molecular weight excluding hydrogens is 298 g/mol. The van der Waals surface area contributed by atoms with Crippen molar-refractivity contribution in [3.63, 3.8) is 0 Å². The molecule has 0 spiro atoms. The van der Waals surface area contributed by atoms with Gasteiger partial charge in [0.05, 0.1) is 10.7 Å². The van der Waals surface area contributed by atoms with Gasteiger partial charge in [-0.1, -0.05) is 0 Å². The van der Waals surface area contributed by atoms with E-state index in [-0.39, 0.29) is 5.91 Å². The Morgan fingerprint density at radius 1 is 1.47 bits per heavy atom. The third-order valence-corrected chi connectivity index (χ3v) is 4.90. The molecule has 0 bridgehead atoms. The summed E-state index contributed by atoms with van der Waals surface area (Å²) in [6.07, 6.45) is 2.27. The molecule has 0 aliphatic carbocycles. The first-order valence-electron chi connectivity index (χ1n) is 5.84. The van der Waals surface area contributed by atoms with Gasteiger partial charge in [0.25, 0.3) is 0 Å². The third kappa shape index (κ3) is 4.93. The van der Waals surface area contributed by atoms with E-state index in [4.69, 9.17) is 0 Å². The normalized spacial score (nSPS) is 10.6. The zero-order valence-corrected chi connectivity index (χ0v) is 13.3. The number of carbonyl (C=O) groups excluding carboxylic acids is 1. The number of anilines is 1. The number of nitrogens with one attached hydrogen (secondary N) is 1. The number of thioether (sulfide) groups is 1. The number of hydrogen-bond acceptors (Lipinski definition) is 6. The Labute approximate surface area is 124 Å². The fourth-order valence-corrected chi connectivity index (χ4v) is 3.64. The highest BCUT2D eigenvalue weighted by molar-refractivity contribution is 7.98. The average Bonchev–Trinajstić information content (AvgIpc) is 2.94. The minimum atomic E-state index is 0.0244. The molecule has 2 aromatic rings. The van der Waals surface area contributed by atoms with Crippen LogP contribution in [0, 0.1) is 13.8 Å². The van der Waals surface area contributed by atoms with E-state index in [1.54, 1.807) is 29.3 Å². The highest BCUT2D eigenvalue weighted by Crippen LogP contribution is 2.18. The number of aromatic nitrogens is 2. The molecule has 0 saturated heterocycles. The highest BCUT2D eigenvalue weighted by atomic mass is 32.2. The molecule has 7 heteroatoms. The van der Waals surface area contributed by atoms with Crippen LogP contribution in [0.25, 0.3) is 0 Å². The van der Waals surface area contributed by atoms with Crippen LogP contribution in [0.2, 0.25) is 0 Å². The van der Waals surface area contributed by atoms with Gasteiger partial charge in [0, 0.05) is 34.4 Å². The summed E-state index contributed by atoms with van der Waals surface area (Å²) in [6.45, 7) is 3.97. The standard InChI is InChI=1S/C12H15N3OS3/c1-8-5-13-12(19-8)15-11(16)3-4-17-6-10-7-18-9(2)14-10/h5,7H,3-4,6H2,1-2H3,(H,13,15,16). The second-order valence-corrected chi connectivity index (χ2v) is 7.39. The lowest BCUT2D eigenvalue weighted by atomic mass is 10.5. The van der Waals surface area contributed by atoms with Crippen molar-refractivity contribution in [2.75, 3.05) is 11.1 Å². The van der Waals surface area contributed by atoms with Gasteiger partial charge in [-0.15, -0.1) is 22.7 Å². The van der Waals surface area contributed by atoms with Crippen LogP contribution in [-0.4, -0.2) is 21.6 Å². The van der Waals surface area contributed by atoms with Crippen LogP contribution in [0.5, 0.6) is 0 Å². The third-order valence-electron chi connectivity index (χ3n) is 2.26. The summed E-state index contributed by atoms with van der Waals surface area (Å²) in [5, 5.41) is 6.65. The molecule has 0 unspecified atom stereocenters. The fourth-order valence-electron chi connectivity index (χ4n) is 1.41. The van der Waals surface area contributed by atoms with E-state index in [9.17, 15) is 4.79 Å². The van der Waals surface area contributed by atoms with Gasteiger partial charge in [-0.3, -0.25) is 4.79 Å². The monoisotopic (exact) mass is 313 g/mol. The molecule has 4 nitrogen and oxygen atoms in total. The number of nitrogens with zero attached hydrogens (tertiary/aromatic N) is 2. The van der Waals surface area contributed by atoms with Crippen LogP contribution in [0.1, 0.15) is 22.0 Å². The molecule has 1 N–H and O–H groups in total. The Balaban J connectivity index is 1.64. The van der Waals surface area contributed by atoms with Crippen molar-refractivity contribution in [1.29, 1.82) is 0 Å². The first-order chi connectivity index (χ1) is 9.13. The number of aryl methyl sites for hydroxylation is 2. The van der Waals surface area contributed by atoms with Gasteiger partial charge >= 0.3 is 0 Å². The molecule has 2 heterocycles. The lowest BCUT2D eigenvalue weighted by molar-refractivity contribution is -0.115. The molecule has 0 fully saturated rings. The van der Waals surface area contributed by atoms with Crippen molar-refractivity contribution in [3.05, 3.63) is 27.2 Å². The maximum atomic E-state index is 11.7. The number of rotatable bonds is 6. The molecule has 2 aromatic heterocycles. The molecule has 2 rings (SSSR count). The summed E-state index contributed by atoms with van der Waals surface area (Å²) in [4.78, 5) is 21.3. The second kappa shape index (κ2) is 7.02. The first kappa shape index (κ1) is 14.5. The van der Waals surface area contributed by atoms with E-state index in [0.717, 1.165) is 27.1 Å². The van der Waals surface area contributed by atoms with E-state index in [2.05, 4.69) is 20.7 Å². The van der Waals surface area contributed by atoms with E-state index in [1.165, 1.54) is 11.3 Å². The summed E-state index contributed by atoms with van der Waals surface area (Å²) in [5.74, 6) is 1.69. The Bertz CT molecular complexity index is 550. The van der Waals surface area contributed by atoms with Crippen molar-refractivity contribution >= 4 is 45.5 Å². The summed E-state index contributed by atoms with van der Waals surface area (Å²) in [6, 6.07) is 0. The van der Waals surface area contributed by atoms with Gasteiger partial charge in [0.15, 0.2) is 5.13 Å². The molecule has 19 heavy (non-hydrogen) atoms. The van der Waals surface area contributed by atoms with Gasteiger partial charge in [-0.25, -0.2) is 9.97 Å². The van der Waals surface area contributed by atoms with Crippen LogP contribution in [0.3, 0.4) is 0 Å². The molecule has 0 aliphatic heterocycles. The Morgan fingerprint density at radius 3 is 2.95 bits per heavy atom. The zero-order valence-electron chi connectivity index (χ0n) is 10.8. The lowest BCUT2D eigenvalue weighted by Crippen LogP contribution is -2.11. The van der Waals surface area contributed by atoms with Crippen LogP contribution >= 0.6 is 34.4 Å². The minimum Gasteiger partial charge on any atom is -0.302 e. The first-order valence-corrected chi connectivity index (χ1v) is 8.69. The van der Waals surface area contributed by atoms with Gasteiger partial charge in [-0.2, -0.15) is 11.8 Å². The minimum absolute atomic E-state index is 0.0244. The molecule has 0 radical (unpaired) electrons. The van der Waals surface area contributed by atoms with E-state index < -0.39 is 0 Å². The summed E-state index contributed by atoms with van der Waals surface area (Å²) in [5.41, 5.74) is 1.10. The van der Waals surface area contributed by atoms with Crippen LogP contribution < -0.4 is 5.32 Å². The topological polar surface area (TPSA) is 54.9 Å². The largest absolute Gasteiger partial charge is 0.302 e. The quantitative estimate of drug-likeness (QED) is 0.830. The second-order valence-electron chi connectivity index (χ2n) is 3.98. The smallest absolute Gasteiger partial charge is 0.226 e. The predicted octanol–water partition coefficient (Wildman–Crippen LogP) is 3.48. The van der Waals surface area contributed by atoms with Crippen molar-refractivity contribution in [1.82, 2.24) is 9.97 Å². The number of hydrogen-bond donors (Lipinski definition) is 1. The fraction of sp³-hybridized carbons (Fsp3) is 0.417. The van der Waals surface area contributed by atoms with Crippen molar-refractivity contribution in [2.45, 2.75) is 26.0 Å². The Morgan fingerprint density at radius 2 is 2.32 bits per heavy atom. The Kier molecular flexibility index (Phi) is 5.35. The maximum absolute atomic E-state index is 11.7.